The molecule has 88 valence electrons. The summed E-state index contributed by atoms with van der Waals surface area (Å²) in [6.07, 6.45) is 0.916. The number of nitrogens with zero attached hydrogens (tertiary/aromatic N) is 1. The molecule has 0 aliphatic rings. The molecule has 0 heterocycles. The Labute approximate surface area is 97.5 Å². The van der Waals surface area contributed by atoms with E-state index in [1.54, 1.807) is 0 Å². The number of rotatable bonds is 5. The Bertz CT molecular complexity index is 372. The van der Waals surface area contributed by atoms with Gasteiger partial charge < -0.3 is 10.2 Å². The highest BCUT2D eigenvalue weighted by molar-refractivity contribution is 5.80. The van der Waals surface area contributed by atoms with Crippen molar-refractivity contribution in [3.63, 3.8) is 0 Å². The van der Waals surface area contributed by atoms with Crippen LogP contribution in [0.1, 0.15) is 21.5 Å². The maximum absolute atomic E-state index is 10.9. The van der Waals surface area contributed by atoms with E-state index in [0.717, 1.165) is 41.8 Å². The van der Waals surface area contributed by atoms with Crippen molar-refractivity contribution in [1.29, 1.82) is 0 Å². The van der Waals surface area contributed by atoms with Crippen LogP contribution in [-0.2, 0) is 0 Å². The summed E-state index contributed by atoms with van der Waals surface area (Å²) in [5.74, 6) is 0. The maximum atomic E-state index is 10.9. The van der Waals surface area contributed by atoms with Gasteiger partial charge in [-0.2, -0.15) is 0 Å². The SMILES string of the molecule is Cc1cc(NCCN(C)C)cc(C=O)c1C. The quantitative estimate of drug-likeness (QED) is 0.771. The van der Waals surface area contributed by atoms with Gasteiger partial charge in [-0.1, -0.05) is 0 Å². The maximum Gasteiger partial charge on any atom is 0.150 e. The van der Waals surface area contributed by atoms with Gasteiger partial charge in [0.25, 0.3) is 0 Å². The summed E-state index contributed by atoms with van der Waals surface area (Å²) in [4.78, 5) is 13.0. The fourth-order valence-electron chi connectivity index (χ4n) is 1.53. The minimum atomic E-state index is 0.771. The minimum absolute atomic E-state index is 0.771. The summed E-state index contributed by atoms with van der Waals surface area (Å²) in [6.45, 7) is 5.86. The van der Waals surface area contributed by atoms with Crippen molar-refractivity contribution in [1.82, 2.24) is 4.90 Å². The first-order valence-electron chi connectivity index (χ1n) is 5.49. The molecule has 0 aliphatic heterocycles. The third kappa shape index (κ3) is 3.35. The van der Waals surface area contributed by atoms with Crippen LogP contribution in [0.2, 0.25) is 0 Å². The van der Waals surface area contributed by atoms with E-state index in [9.17, 15) is 4.79 Å². The largest absolute Gasteiger partial charge is 0.384 e. The summed E-state index contributed by atoms with van der Waals surface area (Å²) in [6, 6.07) is 3.99. The summed E-state index contributed by atoms with van der Waals surface area (Å²) in [7, 11) is 4.08. The summed E-state index contributed by atoms with van der Waals surface area (Å²) in [5.41, 5.74) is 4.00. The molecule has 0 radical (unpaired) electrons. The van der Waals surface area contributed by atoms with Crippen molar-refractivity contribution in [3.8, 4) is 0 Å². The van der Waals surface area contributed by atoms with Crippen molar-refractivity contribution in [2.75, 3.05) is 32.5 Å². The summed E-state index contributed by atoms with van der Waals surface area (Å²) in [5, 5.41) is 3.32. The zero-order valence-electron chi connectivity index (χ0n) is 10.5. The second kappa shape index (κ2) is 5.66. The predicted molar refractivity (Wildman–Crippen MR) is 68.3 cm³/mol. The molecule has 1 aromatic carbocycles. The van der Waals surface area contributed by atoms with Crippen LogP contribution >= 0.6 is 0 Å². The first-order chi connectivity index (χ1) is 7.54. The number of aldehydes is 1. The zero-order chi connectivity index (χ0) is 12.1. The second-order valence-corrected chi connectivity index (χ2v) is 4.36. The van der Waals surface area contributed by atoms with Gasteiger partial charge in [-0.05, 0) is 51.2 Å². The van der Waals surface area contributed by atoms with Crippen LogP contribution in [0.4, 0.5) is 5.69 Å². The first-order valence-corrected chi connectivity index (χ1v) is 5.49. The second-order valence-electron chi connectivity index (χ2n) is 4.36. The van der Waals surface area contributed by atoms with Crippen LogP contribution in [0.3, 0.4) is 0 Å². The van der Waals surface area contributed by atoms with Gasteiger partial charge in [-0.25, -0.2) is 0 Å². The molecule has 0 aromatic heterocycles. The molecule has 3 nitrogen and oxygen atoms in total. The summed E-state index contributed by atoms with van der Waals surface area (Å²) < 4.78 is 0. The molecule has 3 heteroatoms. The molecule has 0 saturated carbocycles. The van der Waals surface area contributed by atoms with Gasteiger partial charge >= 0.3 is 0 Å². The van der Waals surface area contributed by atoms with E-state index in [1.807, 2.05) is 34.0 Å². The molecule has 0 atom stereocenters. The number of hydrogen-bond acceptors (Lipinski definition) is 3. The number of aryl methyl sites for hydroxylation is 1. The minimum Gasteiger partial charge on any atom is -0.384 e. The van der Waals surface area contributed by atoms with Crippen molar-refractivity contribution >= 4 is 12.0 Å². The monoisotopic (exact) mass is 220 g/mol. The molecule has 1 rings (SSSR count). The molecule has 0 aliphatic carbocycles. The van der Waals surface area contributed by atoms with E-state index in [4.69, 9.17) is 0 Å². The number of anilines is 1. The van der Waals surface area contributed by atoms with Gasteiger partial charge in [0.15, 0.2) is 0 Å². The molecule has 0 fully saturated rings. The van der Waals surface area contributed by atoms with Gasteiger partial charge in [0.05, 0.1) is 0 Å². The Kier molecular flexibility index (Phi) is 4.50. The van der Waals surface area contributed by atoms with Crippen molar-refractivity contribution in [2.24, 2.45) is 0 Å². The van der Waals surface area contributed by atoms with Crippen LogP contribution in [0, 0.1) is 13.8 Å². The van der Waals surface area contributed by atoms with Gasteiger partial charge in [-0.15, -0.1) is 0 Å². The molecule has 0 saturated heterocycles. The number of carbonyl (C=O) groups is 1. The van der Waals surface area contributed by atoms with Gasteiger partial charge in [0.1, 0.15) is 6.29 Å². The standard InChI is InChI=1S/C13H20N2O/c1-10-7-13(14-5-6-15(3)4)8-12(9-16)11(10)2/h7-9,14H,5-6H2,1-4H3. The Morgan fingerprint density at radius 3 is 2.56 bits per heavy atom. The Hall–Kier alpha value is -1.35. The average Bonchev–Trinajstić information content (AvgIpc) is 2.22. The van der Waals surface area contributed by atoms with Crippen LogP contribution < -0.4 is 5.32 Å². The topological polar surface area (TPSA) is 32.3 Å². The van der Waals surface area contributed by atoms with E-state index in [-0.39, 0.29) is 0 Å². The van der Waals surface area contributed by atoms with E-state index >= 15 is 0 Å². The number of benzene rings is 1. The summed E-state index contributed by atoms with van der Waals surface area (Å²) >= 11 is 0. The molecule has 0 unspecified atom stereocenters. The molecule has 0 amide bonds. The Morgan fingerprint density at radius 2 is 2.00 bits per heavy atom. The molecule has 16 heavy (non-hydrogen) atoms. The third-order valence-corrected chi connectivity index (χ3v) is 2.72. The molecular formula is C13H20N2O. The lowest BCUT2D eigenvalue weighted by Crippen LogP contribution is -2.20. The van der Waals surface area contributed by atoms with Crippen LogP contribution in [0.15, 0.2) is 12.1 Å². The normalized spacial score (nSPS) is 10.6. The lowest BCUT2D eigenvalue weighted by atomic mass is 10.0. The number of likely N-dealkylation sites (N-methyl/N-ethyl adjacent to an activating group) is 1. The Balaban J connectivity index is 2.74. The highest BCUT2D eigenvalue weighted by Crippen LogP contribution is 2.18. The van der Waals surface area contributed by atoms with Gasteiger partial charge in [0.2, 0.25) is 0 Å². The molecule has 1 aromatic rings. The van der Waals surface area contributed by atoms with Crippen LogP contribution in [0.25, 0.3) is 0 Å². The van der Waals surface area contributed by atoms with E-state index in [2.05, 4.69) is 16.3 Å². The highest BCUT2D eigenvalue weighted by atomic mass is 16.1. The predicted octanol–water partition coefficient (Wildman–Crippen LogP) is 2.09. The average molecular weight is 220 g/mol. The van der Waals surface area contributed by atoms with Crippen molar-refractivity contribution < 1.29 is 4.79 Å². The highest BCUT2D eigenvalue weighted by Gasteiger charge is 2.03. The third-order valence-electron chi connectivity index (χ3n) is 2.72. The number of hydrogen-bond donors (Lipinski definition) is 1. The fourth-order valence-corrected chi connectivity index (χ4v) is 1.53. The number of carbonyl (C=O) groups excluding carboxylic acids is 1. The van der Waals surface area contributed by atoms with E-state index < -0.39 is 0 Å². The van der Waals surface area contributed by atoms with Crippen molar-refractivity contribution in [2.45, 2.75) is 13.8 Å². The van der Waals surface area contributed by atoms with E-state index in [0.29, 0.717) is 0 Å². The smallest absolute Gasteiger partial charge is 0.150 e. The van der Waals surface area contributed by atoms with Crippen LogP contribution in [0.5, 0.6) is 0 Å². The molecule has 0 spiro atoms. The zero-order valence-corrected chi connectivity index (χ0v) is 10.5. The van der Waals surface area contributed by atoms with Gasteiger partial charge in [-0.3, -0.25) is 4.79 Å². The molecule has 0 bridgehead atoms. The first kappa shape index (κ1) is 12.7. The van der Waals surface area contributed by atoms with Crippen molar-refractivity contribution in [3.05, 3.63) is 28.8 Å². The lowest BCUT2D eigenvalue weighted by molar-refractivity contribution is 0.112. The van der Waals surface area contributed by atoms with Crippen LogP contribution in [-0.4, -0.2) is 38.4 Å². The fraction of sp³-hybridized carbons (Fsp3) is 0.462. The number of nitrogens with one attached hydrogen (secondary N) is 1. The molecular weight excluding hydrogens is 200 g/mol. The van der Waals surface area contributed by atoms with E-state index in [1.165, 1.54) is 0 Å². The van der Waals surface area contributed by atoms with Gasteiger partial charge in [0, 0.05) is 24.3 Å². The lowest BCUT2D eigenvalue weighted by Gasteiger charge is -2.13. The molecule has 1 N–H and O–H groups in total. The Morgan fingerprint density at radius 1 is 1.31 bits per heavy atom.